The van der Waals surface area contributed by atoms with Crippen molar-refractivity contribution in [2.45, 2.75) is 19.5 Å². The number of halogens is 1. The Morgan fingerprint density at radius 2 is 1.88 bits per heavy atom. The van der Waals surface area contributed by atoms with Crippen LogP contribution in [0.4, 0.5) is 5.69 Å². The molecule has 1 unspecified atom stereocenters. The van der Waals surface area contributed by atoms with E-state index in [0.717, 1.165) is 11.3 Å². The normalized spacial score (nSPS) is 12.1. The second-order valence-electron chi connectivity index (χ2n) is 7.70. The Bertz CT molecular complexity index is 1320. The van der Waals surface area contributed by atoms with Crippen LogP contribution in [0.25, 0.3) is 5.65 Å². The van der Waals surface area contributed by atoms with Crippen LogP contribution in [0.5, 0.6) is 0 Å². The molecule has 2 aromatic carbocycles. The Balaban J connectivity index is 1.49. The van der Waals surface area contributed by atoms with Crippen molar-refractivity contribution < 1.29 is 4.79 Å². The number of rotatable bonds is 6. The van der Waals surface area contributed by atoms with E-state index in [0.29, 0.717) is 28.5 Å². The molecule has 0 saturated carbocycles. The minimum absolute atomic E-state index is 0.0362. The molecule has 0 bridgehead atoms. The molecule has 0 aliphatic carbocycles. The number of nitrogens with zero attached hydrogens (tertiary/aromatic N) is 3. The van der Waals surface area contributed by atoms with Crippen molar-refractivity contribution >= 4 is 28.8 Å². The first kappa shape index (κ1) is 21.7. The fourth-order valence-electron chi connectivity index (χ4n) is 3.52. The molecule has 4 rings (SSSR count). The maximum atomic E-state index is 12.5. The van der Waals surface area contributed by atoms with Crippen molar-refractivity contribution in [3.8, 4) is 0 Å². The zero-order valence-electron chi connectivity index (χ0n) is 17.8. The van der Waals surface area contributed by atoms with Crippen molar-refractivity contribution in [2.24, 2.45) is 0 Å². The number of nitrogens with one attached hydrogen (secondary N) is 1. The Labute approximate surface area is 191 Å². The average molecular weight is 447 g/mol. The first-order chi connectivity index (χ1) is 15.4. The molecule has 0 radical (unpaired) electrons. The van der Waals surface area contributed by atoms with Crippen molar-refractivity contribution in [2.75, 3.05) is 12.4 Å². The highest BCUT2D eigenvalue weighted by Crippen LogP contribution is 2.23. The largest absolute Gasteiger partial charge is 0.322 e. The third-order valence-electron chi connectivity index (χ3n) is 5.41. The van der Waals surface area contributed by atoms with E-state index in [1.165, 1.54) is 10.5 Å². The number of anilines is 1. The van der Waals surface area contributed by atoms with Gasteiger partial charge in [0.1, 0.15) is 5.65 Å². The van der Waals surface area contributed by atoms with E-state index >= 15 is 0 Å². The maximum Gasteiger partial charge on any atom is 0.258 e. The SMILES string of the molecule is CC(c1cccc(NC(=O)c2ccccc2)c1)N(C)Cc1cc(=O)n2cc(Cl)ccc2n1. The lowest BCUT2D eigenvalue weighted by molar-refractivity contribution is 0.102. The molecule has 1 N–H and O–H groups in total. The van der Waals surface area contributed by atoms with E-state index in [-0.39, 0.29) is 17.5 Å². The molecule has 6 nitrogen and oxygen atoms in total. The Morgan fingerprint density at radius 3 is 2.66 bits per heavy atom. The molecule has 0 saturated heterocycles. The molecule has 32 heavy (non-hydrogen) atoms. The third-order valence-corrected chi connectivity index (χ3v) is 5.64. The fourth-order valence-corrected chi connectivity index (χ4v) is 3.68. The lowest BCUT2D eigenvalue weighted by Crippen LogP contribution is -2.24. The molecule has 1 atom stereocenters. The topological polar surface area (TPSA) is 66.7 Å². The van der Waals surface area contributed by atoms with Gasteiger partial charge in [0.05, 0.1) is 10.7 Å². The number of carbonyl (C=O) groups excluding carboxylic acids is 1. The first-order valence-corrected chi connectivity index (χ1v) is 10.6. The van der Waals surface area contributed by atoms with Gasteiger partial charge >= 0.3 is 0 Å². The van der Waals surface area contributed by atoms with Crippen LogP contribution >= 0.6 is 11.6 Å². The van der Waals surface area contributed by atoms with Gasteiger partial charge in [-0.3, -0.25) is 18.9 Å². The summed E-state index contributed by atoms with van der Waals surface area (Å²) in [4.78, 5) is 31.6. The van der Waals surface area contributed by atoms with Gasteiger partial charge in [0, 0.05) is 36.1 Å². The summed E-state index contributed by atoms with van der Waals surface area (Å²) in [5, 5.41) is 3.43. The highest BCUT2D eigenvalue weighted by molar-refractivity contribution is 6.30. The number of fused-ring (bicyclic) bond motifs is 1. The van der Waals surface area contributed by atoms with Crippen LogP contribution in [0.2, 0.25) is 5.02 Å². The minimum Gasteiger partial charge on any atom is -0.322 e. The Kier molecular flexibility index (Phi) is 6.35. The minimum atomic E-state index is -0.167. The molecular formula is C25H23ClN4O2. The zero-order valence-corrected chi connectivity index (χ0v) is 18.6. The molecule has 0 aliphatic rings. The summed E-state index contributed by atoms with van der Waals surface area (Å²) in [5.41, 5.74) is 3.46. The number of benzene rings is 2. The molecule has 4 aromatic rings. The van der Waals surface area contributed by atoms with Gasteiger partial charge in [-0.1, -0.05) is 41.9 Å². The summed E-state index contributed by atoms with van der Waals surface area (Å²) in [6.07, 6.45) is 1.57. The molecule has 1 amide bonds. The number of aromatic nitrogens is 2. The molecule has 7 heteroatoms. The first-order valence-electron chi connectivity index (χ1n) is 10.2. The van der Waals surface area contributed by atoms with Gasteiger partial charge in [-0.15, -0.1) is 0 Å². The van der Waals surface area contributed by atoms with Gasteiger partial charge in [0.15, 0.2) is 0 Å². The summed E-state index contributed by atoms with van der Waals surface area (Å²) < 4.78 is 1.44. The van der Waals surface area contributed by atoms with E-state index < -0.39 is 0 Å². The predicted octanol–water partition coefficient (Wildman–Crippen LogP) is 4.79. The summed E-state index contributed by atoms with van der Waals surface area (Å²) >= 11 is 5.98. The van der Waals surface area contributed by atoms with Gasteiger partial charge in [0.2, 0.25) is 0 Å². The Morgan fingerprint density at radius 1 is 1.09 bits per heavy atom. The van der Waals surface area contributed by atoms with Crippen molar-refractivity contribution in [3.63, 3.8) is 0 Å². The monoisotopic (exact) mass is 446 g/mol. The van der Waals surface area contributed by atoms with Gasteiger partial charge < -0.3 is 5.32 Å². The molecule has 0 spiro atoms. The standard InChI is InChI=1S/C25H23ClN4O2/c1-17(19-9-6-10-21(13-19)28-25(32)18-7-4-3-5-8-18)29(2)16-22-14-24(31)30-15-20(26)11-12-23(30)27-22/h3-15,17H,16H2,1-2H3,(H,28,32). The zero-order chi connectivity index (χ0) is 22.7. The van der Waals surface area contributed by atoms with Gasteiger partial charge in [-0.05, 0) is 55.9 Å². The molecule has 0 aliphatic heterocycles. The van der Waals surface area contributed by atoms with Gasteiger partial charge in [0.25, 0.3) is 11.5 Å². The predicted molar refractivity (Wildman–Crippen MR) is 127 cm³/mol. The van der Waals surface area contributed by atoms with Crippen molar-refractivity contribution in [3.05, 3.63) is 111 Å². The summed E-state index contributed by atoms with van der Waals surface area (Å²) in [5.74, 6) is -0.148. The average Bonchev–Trinajstić information content (AvgIpc) is 2.80. The summed E-state index contributed by atoms with van der Waals surface area (Å²) in [6.45, 7) is 2.57. The highest BCUT2D eigenvalue weighted by atomic mass is 35.5. The van der Waals surface area contributed by atoms with E-state index in [1.54, 1.807) is 30.5 Å². The summed E-state index contributed by atoms with van der Waals surface area (Å²) in [7, 11) is 1.98. The van der Waals surface area contributed by atoms with Gasteiger partial charge in [-0.25, -0.2) is 4.98 Å². The van der Waals surface area contributed by atoms with Gasteiger partial charge in [-0.2, -0.15) is 0 Å². The lowest BCUT2D eigenvalue weighted by Gasteiger charge is -2.25. The molecule has 2 heterocycles. The van der Waals surface area contributed by atoms with Crippen LogP contribution in [-0.4, -0.2) is 27.2 Å². The second-order valence-corrected chi connectivity index (χ2v) is 8.13. The van der Waals surface area contributed by atoms with Crippen molar-refractivity contribution in [1.29, 1.82) is 0 Å². The van der Waals surface area contributed by atoms with Crippen LogP contribution < -0.4 is 10.9 Å². The quantitative estimate of drug-likeness (QED) is 0.462. The van der Waals surface area contributed by atoms with E-state index in [9.17, 15) is 9.59 Å². The molecule has 0 fully saturated rings. The highest BCUT2D eigenvalue weighted by Gasteiger charge is 2.15. The van der Waals surface area contributed by atoms with Crippen LogP contribution in [0, 0.1) is 0 Å². The third kappa shape index (κ3) is 4.88. The number of carbonyl (C=O) groups is 1. The van der Waals surface area contributed by atoms with E-state index in [1.807, 2.05) is 49.5 Å². The fraction of sp³-hybridized carbons (Fsp3) is 0.160. The number of hydrogen-bond acceptors (Lipinski definition) is 4. The van der Waals surface area contributed by atoms with E-state index in [2.05, 4.69) is 22.1 Å². The second kappa shape index (κ2) is 9.34. The lowest BCUT2D eigenvalue weighted by atomic mass is 10.1. The number of hydrogen-bond donors (Lipinski definition) is 1. The van der Waals surface area contributed by atoms with Crippen LogP contribution in [-0.2, 0) is 6.54 Å². The maximum absolute atomic E-state index is 12.5. The molecule has 162 valence electrons. The van der Waals surface area contributed by atoms with Crippen LogP contribution in [0.1, 0.15) is 34.6 Å². The summed E-state index contributed by atoms with van der Waals surface area (Å²) in [6, 6.07) is 21.9. The van der Waals surface area contributed by atoms with E-state index in [4.69, 9.17) is 11.6 Å². The number of amides is 1. The molecule has 2 aromatic heterocycles. The molecular weight excluding hydrogens is 424 g/mol. The Hall–Kier alpha value is -3.48. The smallest absolute Gasteiger partial charge is 0.258 e. The van der Waals surface area contributed by atoms with Crippen LogP contribution in [0.15, 0.2) is 83.8 Å². The number of pyridine rings is 1. The van der Waals surface area contributed by atoms with Crippen LogP contribution in [0.3, 0.4) is 0 Å². The van der Waals surface area contributed by atoms with Crippen molar-refractivity contribution in [1.82, 2.24) is 14.3 Å².